The van der Waals surface area contributed by atoms with Gasteiger partial charge in [-0.05, 0) is 6.92 Å². The normalized spacial score (nSPS) is 10.2. The van der Waals surface area contributed by atoms with Crippen molar-refractivity contribution in [3.63, 3.8) is 0 Å². The number of rotatable bonds is 7. The molecule has 0 aromatic rings. The summed E-state index contributed by atoms with van der Waals surface area (Å²) in [6.07, 6.45) is 0.316. The number of carbonyl (C=O) groups excluding carboxylic acids is 3. The Labute approximate surface area is 102 Å². The summed E-state index contributed by atoms with van der Waals surface area (Å²) in [6.45, 7) is 5.62. The summed E-state index contributed by atoms with van der Waals surface area (Å²) in [5.74, 6) is -0.474. The maximum absolute atomic E-state index is 11.5. The van der Waals surface area contributed by atoms with Crippen LogP contribution in [0.3, 0.4) is 0 Å². The van der Waals surface area contributed by atoms with Crippen LogP contribution in [0.5, 0.6) is 0 Å². The first-order valence-corrected chi connectivity index (χ1v) is 5.74. The Kier molecular flexibility index (Phi) is 7.18. The number of likely N-dealkylation sites (N-methyl/N-ethyl adjacent to an activating group) is 1. The van der Waals surface area contributed by atoms with Gasteiger partial charge >= 0.3 is 5.97 Å². The zero-order valence-corrected chi connectivity index (χ0v) is 11.0. The van der Waals surface area contributed by atoms with Crippen LogP contribution in [0.1, 0.15) is 33.6 Å². The van der Waals surface area contributed by atoms with Gasteiger partial charge in [-0.3, -0.25) is 9.59 Å². The number of nitrogens with zero attached hydrogens (tertiary/aromatic N) is 1. The van der Waals surface area contributed by atoms with Gasteiger partial charge in [0.05, 0.1) is 13.0 Å². The molecule has 0 aliphatic heterocycles. The molecule has 0 unspecified atom stereocenters. The van der Waals surface area contributed by atoms with Crippen LogP contribution in [0.2, 0.25) is 0 Å². The van der Waals surface area contributed by atoms with Gasteiger partial charge in [0.1, 0.15) is 12.4 Å². The molecule has 0 fully saturated rings. The Morgan fingerprint density at radius 2 is 1.76 bits per heavy atom. The lowest BCUT2D eigenvalue weighted by Gasteiger charge is -2.19. The van der Waals surface area contributed by atoms with Crippen LogP contribution < -0.4 is 0 Å². The van der Waals surface area contributed by atoms with E-state index in [2.05, 4.69) is 0 Å². The maximum Gasteiger partial charge on any atom is 0.306 e. The lowest BCUT2D eigenvalue weighted by molar-refractivity contribution is -0.146. The van der Waals surface area contributed by atoms with Crippen LogP contribution in [0.4, 0.5) is 0 Å². The van der Waals surface area contributed by atoms with Crippen LogP contribution in [-0.2, 0) is 19.1 Å². The van der Waals surface area contributed by atoms with Gasteiger partial charge in [-0.1, -0.05) is 13.8 Å². The molecule has 0 aromatic heterocycles. The Balaban J connectivity index is 3.73. The molecule has 0 radical (unpaired) electrons. The van der Waals surface area contributed by atoms with Crippen molar-refractivity contribution in [1.82, 2.24) is 4.90 Å². The summed E-state index contributed by atoms with van der Waals surface area (Å²) < 4.78 is 4.91. The number of ketones is 1. The number of ether oxygens (including phenoxy) is 1. The quantitative estimate of drug-likeness (QED) is 0.626. The smallest absolute Gasteiger partial charge is 0.306 e. The molecule has 0 N–H and O–H groups in total. The molecule has 0 aromatic carbocycles. The minimum absolute atomic E-state index is 0.0183. The van der Waals surface area contributed by atoms with Gasteiger partial charge in [0.15, 0.2) is 0 Å². The van der Waals surface area contributed by atoms with Crippen LogP contribution in [0.15, 0.2) is 0 Å². The van der Waals surface area contributed by atoms with E-state index in [-0.39, 0.29) is 37.1 Å². The van der Waals surface area contributed by atoms with E-state index in [4.69, 9.17) is 4.74 Å². The first kappa shape index (κ1) is 15.6. The van der Waals surface area contributed by atoms with Gasteiger partial charge in [-0.2, -0.15) is 0 Å². The number of esters is 1. The largest absolute Gasteiger partial charge is 0.464 e. The highest BCUT2D eigenvalue weighted by molar-refractivity contribution is 5.81. The van der Waals surface area contributed by atoms with E-state index in [1.807, 2.05) is 13.8 Å². The van der Waals surface area contributed by atoms with E-state index in [1.165, 1.54) is 11.8 Å². The summed E-state index contributed by atoms with van der Waals surface area (Å²) >= 11 is 0. The SMILES string of the molecule is CC(=O)CCC(=O)OCCN(C)C(=O)C(C)C. The molecule has 0 heterocycles. The Morgan fingerprint density at radius 1 is 1.18 bits per heavy atom. The molecule has 1 amide bonds. The number of amides is 1. The lowest BCUT2D eigenvalue weighted by Crippen LogP contribution is -2.33. The highest BCUT2D eigenvalue weighted by atomic mass is 16.5. The zero-order chi connectivity index (χ0) is 13.4. The molecule has 0 spiro atoms. The van der Waals surface area contributed by atoms with Gasteiger partial charge in [-0.15, -0.1) is 0 Å². The summed E-state index contributed by atoms with van der Waals surface area (Å²) in [7, 11) is 1.67. The molecule has 0 bridgehead atoms. The van der Waals surface area contributed by atoms with E-state index in [9.17, 15) is 14.4 Å². The standard InChI is InChI=1S/C12H21NO4/c1-9(2)12(16)13(4)7-8-17-11(15)6-5-10(3)14/h9H,5-8H2,1-4H3. The minimum Gasteiger partial charge on any atom is -0.464 e. The number of Topliss-reactive ketones (excluding diaryl/α,β-unsaturated/α-hetero) is 1. The van der Waals surface area contributed by atoms with Crippen molar-refractivity contribution in [2.24, 2.45) is 5.92 Å². The average Bonchev–Trinajstić information content (AvgIpc) is 2.24. The fourth-order valence-corrected chi connectivity index (χ4v) is 1.20. The second kappa shape index (κ2) is 7.81. The van der Waals surface area contributed by atoms with Crippen molar-refractivity contribution in [2.45, 2.75) is 33.6 Å². The molecule has 5 heteroatoms. The molecule has 0 saturated heterocycles. The molecule has 0 aliphatic carbocycles. The molecular weight excluding hydrogens is 222 g/mol. The molecule has 0 rings (SSSR count). The number of hydrogen-bond acceptors (Lipinski definition) is 4. The summed E-state index contributed by atoms with van der Waals surface area (Å²) in [5, 5.41) is 0. The first-order chi connectivity index (χ1) is 7.84. The van der Waals surface area contributed by atoms with Crippen molar-refractivity contribution in [1.29, 1.82) is 0 Å². The third-order valence-corrected chi connectivity index (χ3v) is 2.24. The Hall–Kier alpha value is -1.39. The van der Waals surface area contributed by atoms with Crippen LogP contribution >= 0.6 is 0 Å². The van der Waals surface area contributed by atoms with Crippen molar-refractivity contribution >= 4 is 17.7 Å². The number of carbonyl (C=O) groups is 3. The molecular formula is C12H21NO4. The van der Waals surface area contributed by atoms with Gasteiger partial charge in [-0.25, -0.2) is 0 Å². The molecule has 0 aliphatic rings. The molecule has 5 nitrogen and oxygen atoms in total. The fraction of sp³-hybridized carbons (Fsp3) is 0.750. The third-order valence-electron chi connectivity index (χ3n) is 2.24. The molecule has 0 saturated carbocycles. The highest BCUT2D eigenvalue weighted by Crippen LogP contribution is 1.99. The lowest BCUT2D eigenvalue weighted by atomic mass is 10.2. The number of hydrogen-bond donors (Lipinski definition) is 0. The van der Waals surface area contributed by atoms with Crippen LogP contribution in [-0.4, -0.2) is 42.8 Å². The first-order valence-electron chi connectivity index (χ1n) is 5.74. The highest BCUT2D eigenvalue weighted by Gasteiger charge is 2.13. The van der Waals surface area contributed by atoms with Crippen molar-refractivity contribution in [3.05, 3.63) is 0 Å². The summed E-state index contributed by atoms with van der Waals surface area (Å²) in [6, 6.07) is 0. The average molecular weight is 243 g/mol. The van der Waals surface area contributed by atoms with Gasteiger partial charge in [0, 0.05) is 19.4 Å². The maximum atomic E-state index is 11.5. The monoisotopic (exact) mass is 243 g/mol. The zero-order valence-electron chi connectivity index (χ0n) is 11.0. The topological polar surface area (TPSA) is 63.7 Å². The van der Waals surface area contributed by atoms with E-state index < -0.39 is 5.97 Å². The molecule has 0 atom stereocenters. The molecule has 17 heavy (non-hydrogen) atoms. The van der Waals surface area contributed by atoms with Crippen LogP contribution in [0, 0.1) is 5.92 Å². The second-order valence-electron chi connectivity index (χ2n) is 4.34. The summed E-state index contributed by atoms with van der Waals surface area (Å²) in [5.41, 5.74) is 0. The van der Waals surface area contributed by atoms with Crippen LogP contribution in [0.25, 0.3) is 0 Å². The van der Waals surface area contributed by atoms with Gasteiger partial charge in [0.25, 0.3) is 0 Å². The summed E-state index contributed by atoms with van der Waals surface area (Å²) in [4.78, 5) is 34.8. The minimum atomic E-state index is -0.398. The van der Waals surface area contributed by atoms with Gasteiger partial charge in [0.2, 0.25) is 5.91 Å². The Morgan fingerprint density at radius 3 is 2.24 bits per heavy atom. The van der Waals surface area contributed by atoms with Crippen molar-refractivity contribution in [2.75, 3.05) is 20.2 Å². The van der Waals surface area contributed by atoms with E-state index in [0.29, 0.717) is 6.54 Å². The second-order valence-corrected chi connectivity index (χ2v) is 4.34. The van der Waals surface area contributed by atoms with E-state index in [0.717, 1.165) is 0 Å². The molecule has 98 valence electrons. The van der Waals surface area contributed by atoms with Crippen molar-refractivity contribution < 1.29 is 19.1 Å². The van der Waals surface area contributed by atoms with E-state index >= 15 is 0 Å². The predicted molar refractivity (Wildman–Crippen MR) is 63.3 cm³/mol. The van der Waals surface area contributed by atoms with Crippen molar-refractivity contribution in [3.8, 4) is 0 Å². The van der Waals surface area contributed by atoms with Gasteiger partial charge < -0.3 is 14.4 Å². The van der Waals surface area contributed by atoms with E-state index in [1.54, 1.807) is 7.05 Å². The third kappa shape index (κ3) is 7.49. The Bertz CT molecular complexity index is 286. The fourth-order valence-electron chi connectivity index (χ4n) is 1.20. The predicted octanol–water partition coefficient (Wildman–Crippen LogP) is 1.01.